The molecule has 0 aromatic carbocycles. The molecule has 112 valence electrons. The molecule has 1 aromatic heterocycles. The number of nitrogens with one attached hydrogen (secondary N) is 1. The lowest BCUT2D eigenvalue weighted by molar-refractivity contribution is -0.130. The topological polar surface area (TPSA) is 48.7 Å². The van der Waals surface area contributed by atoms with Crippen LogP contribution in [-0.4, -0.2) is 55.5 Å². The number of hydrogen-bond acceptors (Lipinski definition) is 4. The van der Waals surface area contributed by atoms with E-state index in [0.717, 1.165) is 44.0 Å². The van der Waals surface area contributed by atoms with Crippen molar-refractivity contribution in [2.45, 2.75) is 32.4 Å². The van der Waals surface area contributed by atoms with Crippen molar-refractivity contribution in [3.05, 3.63) is 23.7 Å². The third kappa shape index (κ3) is 4.35. The van der Waals surface area contributed by atoms with Crippen molar-refractivity contribution >= 4 is 5.91 Å². The van der Waals surface area contributed by atoms with Gasteiger partial charge in [-0.15, -0.1) is 0 Å². The van der Waals surface area contributed by atoms with E-state index >= 15 is 0 Å². The highest BCUT2D eigenvalue weighted by atomic mass is 16.3. The lowest BCUT2D eigenvalue weighted by Gasteiger charge is -2.32. The molecule has 0 bridgehead atoms. The van der Waals surface area contributed by atoms with E-state index < -0.39 is 0 Å². The van der Waals surface area contributed by atoms with Crippen LogP contribution >= 0.6 is 0 Å². The Kier molecular flexibility index (Phi) is 5.20. The molecule has 0 radical (unpaired) electrons. The fourth-order valence-corrected chi connectivity index (χ4v) is 2.45. The average molecular weight is 279 g/mol. The van der Waals surface area contributed by atoms with Gasteiger partial charge in [0, 0.05) is 33.2 Å². The van der Waals surface area contributed by atoms with Gasteiger partial charge in [-0.25, -0.2) is 0 Å². The number of aryl methyl sites for hydroxylation is 1. The quantitative estimate of drug-likeness (QED) is 0.881. The van der Waals surface area contributed by atoms with Crippen LogP contribution in [0.3, 0.4) is 0 Å². The monoisotopic (exact) mass is 279 g/mol. The fourth-order valence-electron chi connectivity index (χ4n) is 2.45. The standard InChI is InChI=1S/C15H25N3O2/c1-12-4-5-14(20-12)10-16-13-6-8-18(9-7-13)11-15(19)17(2)3/h4-5,13,16H,6-11H2,1-3H3. The van der Waals surface area contributed by atoms with Gasteiger partial charge in [0.05, 0.1) is 13.1 Å². The number of carbonyl (C=O) groups excluding carboxylic acids is 1. The Bertz CT molecular complexity index is 434. The molecule has 1 aliphatic rings. The molecule has 1 saturated heterocycles. The number of rotatable bonds is 5. The molecule has 1 aliphatic heterocycles. The Labute approximate surface area is 120 Å². The summed E-state index contributed by atoms with van der Waals surface area (Å²) in [7, 11) is 3.62. The van der Waals surface area contributed by atoms with Crippen molar-refractivity contribution in [2.24, 2.45) is 0 Å². The van der Waals surface area contributed by atoms with Crippen molar-refractivity contribution in [1.29, 1.82) is 0 Å². The molecule has 0 saturated carbocycles. The zero-order valence-electron chi connectivity index (χ0n) is 12.7. The maximum atomic E-state index is 11.7. The summed E-state index contributed by atoms with van der Waals surface area (Å²) < 4.78 is 5.55. The molecule has 0 atom stereocenters. The zero-order valence-corrected chi connectivity index (χ0v) is 12.7. The number of carbonyl (C=O) groups is 1. The highest BCUT2D eigenvalue weighted by molar-refractivity contribution is 5.77. The molecule has 5 nitrogen and oxygen atoms in total. The smallest absolute Gasteiger partial charge is 0.236 e. The number of nitrogens with zero attached hydrogens (tertiary/aromatic N) is 2. The van der Waals surface area contributed by atoms with Crippen molar-refractivity contribution in [2.75, 3.05) is 33.7 Å². The third-order valence-electron chi connectivity index (χ3n) is 3.81. The average Bonchev–Trinajstić information content (AvgIpc) is 2.83. The largest absolute Gasteiger partial charge is 0.465 e. The second kappa shape index (κ2) is 6.90. The van der Waals surface area contributed by atoms with Crippen LogP contribution in [0, 0.1) is 6.92 Å². The highest BCUT2D eigenvalue weighted by Gasteiger charge is 2.21. The summed E-state index contributed by atoms with van der Waals surface area (Å²) in [5.74, 6) is 2.13. The third-order valence-corrected chi connectivity index (χ3v) is 3.81. The molecule has 2 heterocycles. The van der Waals surface area contributed by atoms with Crippen LogP contribution in [0.5, 0.6) is 0 Å². The maximum Gasteiger partial charge on any atom is 0.236 e. The Balaban J connectivity index is 1.68. The van der Waals surface area contributed by atoms with E-state index in [4.69, 9.17) is 4.42 Å². The number of piperidine rings is 1. The predicted octanol–water partition coefficient (Wildman–Crippen LogP) is 1.23. The number of likely N-dealkylation sites (N-methyl/N-ethyl adjacent to an activating group) is 1. The first-order valence-corrected chi connectivity index (χ1v) is 7.26. The number of hydrogen-bond donors (Lipinski definition) is 1. The van der Waals surface area contributed by atoms with E-state index in [-0.39, 0.29) is 5.91 Å². The molecule has 20 heavy (non-hydrogen) atoms. The minimum Gasteiger partial charge on any atom is -0.465 e. The van der Waals surface area contributed by atoms with E-state index in [2.05, 4.69) is 10.2 Å². The summed E-state index contributed by atoms with van der Waals surface area (Å²) in [5.41, 5.74) is 0. The second-order valence-corrected chi connectivity index (χ2v) is 5.73. The van der Waals surface area contributed by atoms with Gasteiger partial charge in [0.15, 0.2) is 0 Å². The summed E-state index contributed by atoms with van der Waals surface area (Å²) in [4.78, 5) is 15.6. The number of amides is 1. The summed E-state index contributed by atoms with van der Waals surface area (Å²) in [6, 6.07) is 4.53. The molecular formula is C15H25N3O2. The molecule has 5 heteroatoms. The Morgan fingerprint density at radius 1 is 1.40 bits per heavy atom. The van der Waals surface area contributed by atoms with Crippen molar-refractivity contribution < 1.29 is 9.21 Å². The van der Waals surface area contributed by atoms with Gasteiger partial charge in [-0.2, -0.15) is 0 Å². The van der Waals surface area contributed by atoms with Gasteiger partial charge in [0.1, 0.15) is 11.5 Å². The van der Waals surface area contributed by atoms with E-state index in [1.54, 1.807) is 4.90 Å². The molecule has 0 spiro atoms. The van der Waals surface area contributed by atoms with Crippen LogP contribution < -0.4 is 5.32 Å². The first-order valence-electron chi connectivity index (χ1n) is 7.26. The number of furan rings is 1. The van der Waals surface area contributed by atoms with Crippen molar-refractivity contribution in [1.82, 2.24) is 15.1 Å². The first-order chi connectivity index (χ1) is 9.54. The van der Waals surface area contributed by atoms with Crippen LogP contribution in [0.2, 0.25) is 0 Å². The Morgan fingerprint density at radius 3 is 2.65 bits per heavy atom. The minimum atomic E-state index is 0.183. The van der Waals surface area contributed by atoms with Crippen LogP contribution in [0.15, 0.2) is 16.5 Å². The van der Waals surface area contributed by atoms with Gasteiger partial charge >= 0.3 is 0 Å². The number of likely N-dealkylation sites (tertiary alicyclic amines) is 1. The van der Waals surface area contributed by atoms with E-state index in [1.165, 1.54) is 0 Å². The van der Waals surface area contributed by atoms with Gasteiger partial charge in [0.25, 0.3) is 0 Å². The second-order valence-electron chi connectivity index (χ2n) is 5.73. The molecule has 0 aliphatic carbocycles. The van der Waals surface area contributed by atoms with Crippen LogP contribution in [0.25, 0.3) is 0 Å². The lowest BCUT2D eigenvalue weighted by atomic mass is 10.0. The zero-order chi connectivity index (χ0) is 14.5. The van der Waals surface area contributed by atoms with Gasteiger partial charge in [0.2, 0.25) is 5.91 Å². The highest BCUT2D eigenvalue weighted by Crippen LogP contribution is 2.12. The summed E-state index contributed by atoms with van der Waals surface area (Å²) in [6.45, 7) is 5.25. The van der Waals surface area contributed by atoms with E-state index in [0.29, 0.717) is 12.6 Å². The molecule has 0 unspecified atom stereocenters. The van der Waals surface area contributed by atoms with Gasteiger partial charge < -0.3 is 14.6 Å². The normalized spacial score (nSPS) is 17.4. The first kappa shape index (κ1) is 15.1. The molecular weight excluding hydrogens is 254 g/mol. The summed E-state index contributed by atoms with van der Waals surface area (Å²) >= 11 is 0. The Morgan fingerprint density at radius 2 is 2.10 bits per heavy atom. The van der Waals surface area contributed by atoms with E-state index in [1.807, 2.05) is 33.2 Å². The molecule has 1 N–H and O–H groups in total. The Hall–Kier alpha value is -1.33. The minimum absolute atomic E-state index is 0.183. The van der Waals surface area contributed by atoms with Crippen molar-refractivity contribution in [3.63, 3.8) is 0 Å². The van der Waals surface area contributed by atoms with Gasteiger partial charge in [-0.3, -0.25) is 9.69 Å². The van der Waals surface area contributed by atoms with E-state index in [9.17, 15) is 4.79 Å². The SMILES string of the molecule is Cc1ccc(CNC2CCN(CC(=O)N(C)C)CC2)o1. The van der Waals surface area contributed by atoms with Gasteiger partial charge in [-0.05, 0) is 31.9 Å². The fraction of sp³-hybridized carbons (Fsp3) is 0.667. The summed E-state index contributed by atoms with van der Waals surface area (Å²) in [5, 5.41) is 3.53. The van der Waals surface area contributed by atoms with Crippen LogP contribution in [0.4, 0.5) is 0 Å². The molecule has 2 rings (SSSR count). The lowest BCUT2D eigenvalue weighted by Crippen LogP contribution is -2.45. The van der Waals surface area contributed by atoms with Crippen molar-refractivity contribution in [3.8, 4) is 0 Å². The molecule has 1 amide bonds. The van der Waals surface area contributed by atoms with Gasteiger partial charge in [-0.1, -0.05) is 0 Å². The van der Waals surface area contributed by atoms with Crippen LogP contribution in [-0.2, 0) is 11.3 Å². The van der Waals surface area contributed by atoms with Crippen LogP contribution in [0.1, 0.15) is 24.4 Å². The maximum absolute atomic E-state index is 11.7. The molecule has 1 aromatic rings. The summed E-state index contributed by atoms with van der Waals surface area (Å²) in [6.07, 6.45) is 2.17. The molecule has 1 fully saturated rings. The predicted molar refractivity (Wildman–Crippen MR) is 78.4 cm³/mol.